The highest BCUT2D eigenvalue weighted by molar-refractivity contribution is 7.91. The van der Waals surface area contributed by atoms with Gasteiger partial charge in [-0.2, -0.15) is 5.26 Å². The van der Waals surface area contributed by atoms with Gasteiger partial charge in [-0.15, -0.1) is 4.99 Å². The summed E-state index contributed by atoms with van der Waals surface area (Å²) in [5.74, 6) is 0.226. The number of guanidine groups is 1. The number of benzene rings is 2. The van der Waals surface area contributed by atoms with Gasteiger partial charge in [0, 0.05) is 38.7 Å². The number of sulfone groups is 1. The summed E-state index contributed by atoms with van der Waals surface area (Å²) in [7, 11) is -4.95. The summed E-state index contributed by atoms with van der Waals surface area (Å²) in [6, 6.07) is 14.8. The topological polar surface area (TPSA) is 145 Å². The lowest BCUT2D eigenvalue weighted by atomic mass is 10.2. The van der Waals surface area contributed by atoms with Crippen LogP contribution in [-0.2, 0) is 26.4 Å². The molecule has 2 N–H and O–H groups in total. The molecule has 0 amide bonds. The summed E-state index contributed by atoms with van der Waals surface area (Å²) in [6.45, 7) is 0.273. The van der Waals surface area contributed by atoms with Crippen molar-refractivity contribution in [2.45, 2.75) is 21.2 Å². The van der Waals surface area contributed by atoms with E-state index in [4.69, 9.17) is 5.26 Å². The quantitative estimate of drug-likeness (QED) is 0.287. The van der Waals surface area contributed by atoms with Crippen molar-refractivity contribution >= 4 is 31.5 Å². The number of nitrogens with zero attached hydrogens (tertiary/aromatic N) is 4. The van der Waals surface area contributed by atoms with Crippen LogP contribution < -0.4 is 10.6 Å². The van der Waals surface area contributed by atoms with Gasteiger partial charge in [-0.05, 0) is 48.0 Å². The Morgan fingerprint density at radius 3 is 2.24 bits per heavy atom. The first-order valence-corrected chi connectivity index (χ1v) is 12.8. The number of hydrogen-bond donors (Lipinski definition) is 2. The molecule has 0 bridgehead atoms. The molecule has 176 valence electrons. The molecule has 2 aromatic carbocycles. The Kier molecular flexibility index (Phi) is 7.62. The molecule has 3 rings (SSSR count). The fourth-order valence-electron chi connectivity index (χ4n) is 2.85. The molecule has 0 aliphatic rings. The number of hydrogen-bond acceptors (Lipinski definition) is 7. The van der Waals surface area contributed by atoms with Crippen molar-refractivity contribution in [2.75, 3.05) is 19.4 Å². The Hall–Kier alpha value is -3.79. The smallest absolute Gasteiger partial charge is 0.242 e. The van der Waals surface area contributed by atoms with Crippen LogP contribution in [0.1, 0.15) is 5.56 Å². The maximum absolute atomic E-state index is 13.1. The fourth-order valence-corrected chi connectivity index (χ4v) is 5.18. The van der Waals surface area contributed by atoms with Crippen molar-refractivity contribution in [1.82, 2.24) is 14.6 Å². The van der Waals surface area contributed by atoms with E-state index in [9.17, 15) is 16.8 Å². The third kappa shape index (κ3) is 5.76. The zero-order valence-electron chi connectivity index (χ0n) is 18.4. The SMILES string of the molecule is CN(C)S(=O)(=O)c1cccc(S(=O)(=O)c2ccc(CNC(=NC#N)Nc3ccncc3)cc2)c1. The summed E-state index contributed by atoms with van der Waals surface area (Å²) >= 11 is 0. The molecule has 1 heterocycles. The first-order chi connectivity index (χ1) is 16.1. The molecule has 0 fully saturated rings. The molecule has 0 unspecified atom stereocenters. The van der Waals surface area contributed by atoms with Crippen LogP contribution in [0.4, 0.5) is 5.69 Å². The molecule has 0 saturated carbocycles. The molecular formula is C22H22N6O4S2. The van der Waals surface area contributed by atoms with Crippen molar-refractivity contribution in [1.29, 1.82) is 5.26 Å². The second-order valence-electron chi connectivity index (χ2n) is 7.18. The predicted octanol–water partition coefficient (Wildman–Crippen LogP) is 2.20. The lowest BCUT2D eigenvalue weighted by Crippen LogP contribution is -2.30. The van der Waals surface area contributed by atoms with Gasteiger partial charge >= 0.3 is 0 Å². The van der Waals surface area contributed by atoms with Gasteiger partial charge in [0.2, 0.25) is 32.0 Å². The Balaban J connectivity index is 1.76. The first-order valence-electron chi connectivity index (χ1n) is 9.89. The van der Waals surface area contributed by atoms with Gasteiger partial charge in [-0.25, -0.2) is 21.1 Å². The van der Waals surface area contributed by atoms with E-state index in [1.807, 2.05) is 0 Å². The molecular weight excluding hydrogens is 476 g/mol. The summed E-state index contributed by atoms with van der Waals surface area (Å²) in [5, 5.41) is 14.9. The lowest BCUT2D eigenvalue weighted by Gasteiger charge is -2.13. The number of aromatic nitrogens is 1. The maximum atomic E-state index is 13.1. The van der Waals surface area contributed by atoms with E-state index in [0.717, 1.165) is 15.9 Å². The second-order valence-corrected chi connectivity index (χ2v) is 11.3. The number of nitrogens with one attached hydrogen (secondary N) is 2. The third-order valence-corrected chi connectivity index (χ3v) is 8.27. The third-order valence-electron chi connectivity index (χ3n) is 4.69. The fraction of sp³-hybridized carbons (Fsp3) is 0.136. The maximum Gasteiger partial charge on any atom is 0.242 e. The average Bonchev–Trinajstić information content (AvgIpc) is 2.83. The van der Waals surface area contributed by atoms with Gasteiger partial charge in [0.05, 0.1) is 14.7 Å². The minimum atomic E-state index is -3.93. The Morgan fingerprint density at radius 2 is 1.62 bits per heavy atom. The minimum Gasteiger partial charge on any atom is -0.351 e. The van der Waals surface area contributed by atoms with E-state index < -0.39 is 19.9 Å². The van der Waals surface area contributed by atoms with Crippen molar-refractivity contribution in [3.8, 4) is 6.19 Å². The lowest BCUT2D eigenvalue weighted by molar-refractivity contribution is 0.520. The number of pyridine rings is 1. The molecule has 0 radical (unpaired) electrons. The van der Waals surface area contributed by atoms with Crippen molar-refractivity contribution in [3.63, 3.8) is 0 Å². The van der Waals surface area contributed by atoms with Crippen LogP contribution in [0.5, 0.6) is 0 Å². The van der Waals surface area contributed by atoms with Crippen LogP contribution >= 0.6 is 0 Å². The minimum absolute atomic E-state index is 0.0245. The highest BCUT2D eigenvalue weighted by atomic mass is 32.2. The highest BCUT2D eigenvalue weighted by Crippen LogP contribution is 2.24. The van der Waals surface area contributed by atoms with Crippen LogP contribution in [0.3, 0.4) is 0 Å². The summed E-state index contributed by atoms with van der Waals surface area (Å²) in [5.41, 5.74) is 1.43. The number of anilines is 1. The molecule has 0 aliphatic carbocycles. The summed E-state index contributed by atoms with van der Waals surface area (Å²) in [6.07, 6.45) is 4.90. The Morgan fingerprint density at radius 1 is 0.971 bits per heavy atom. The zero-order chi connectivity index (χ0) is 24.8. The second kappa shape index (κ2) is 10.4. The monoisotopic (exact) mass is 498 g/mol. The molecule has 0 saturated heterocycles. The number of sulfonamides is 1. The number of aliphatic imine (C=N–C) groups is 1. The standard InChI is InChI=1S/C22H22N6O4S2/c1-28(2)34(31,32)21-5-3-4-20(14-21)33(29,30)19-8-6-17(7-9-19)15-25-22(26-16-23)27-18-10-12-24-13-11-18/h3-14H,15H2,1-2H3,(H2,24,25,26,27). The normalized spacial score (nSPS) is 12.2. The summed E-state index contributed by atoms with van der Waals surface area (Å²) < 4.78 is 51.9. The molecule has 0 spiro atoms. The van der Waals surface area contributed by atoms with Crippen LogP contribution in [0.2, 0.25) is 0 Å². The molecule has 3 aromatic rings. The van der Waals surface area contributed by atoms with E-state index in [1.165, 1.54) is 44.4 Å². The van der Waals surface area contributed by atoms with Crippen LogP contribution in [0.25, 0.3) is 0 Å². The predicted molar refractivity (Wildman–Crippen MR) is 127 cm³/mol. The van der Waals surface area contributed by atoms with E-state index in [0.29, 0.717) is 5.69 Å². The molecule has 10 nitrogen and oxygen atoms in total. The van der Waals surface area contributed by atoms with Crippen LogP contribution in [0.15, 0.2) is 92.7 Å². The van der Waals surface area contributed by atoms with Gasteiger partial charge in [-0.3, -0.25) is 4.98 Å². The van der Waals surface area contributed by atoms with Crippen molar-refractivity contribution < 1.29 is 16.8 Å². The van der Waals surface area contributed by atoms with E-state index in [1.54, 1.807) is 42.9 Å². The zero-order valence-corrected chi connectivity index (χ0v) is 20.0. The average molecular weight is 499 g/mol. The van der Waals surface area contributed by atoms with Gasteiger partial charge in [-0.1, -0.05) is 18.2 Å². The Bertz CT molecular complexity index is 1430. The number of rotatable bonds is 7. The summed E-state index contributed by atoms with van der Waals surface area (Å²) in [4.78, 5) is 7.42. The van der Waals surface area contributed by atoms with E-state index >= 15 is 0 Å². The van der Waals surface area contributed by atoms with Gasteiger partial charge in [0.1, 0.15) is 0 Å². The van der Waals surface area contributed by atoms with Crippen LogP contribution in [-0.4, -0.2) is 46.2 Å². The van der Waals surface area contributed by atoms with E-state index in [-0.39, 0.29) is 27.2 Å². The van der Waals surface area contributed by atoms with E-state index in [2.05, 4.69) is 20.6 Å². The molecule has 34 heavy (non-hydrogen) atoms. The number of nitriles is 1. The largest absolute Gasteiger partial charge is 0.351 e. The van der Waals surface area contributed by atoms with Gasteiger partial charge in [0.15, 0.2) is 0 Å². The van der Waals surface area contributed by atoms with Crippen LogP contribution in [0, 0.1) is 11.5 Å². The highest BCUT2D eigenvalue weighted by Gasteiger charge is 2.22. The molecule has 0 atom stereocenters. The first kappa shape index (κ1) is 24.8. The van der Waals surface area contributed by atoms with Crippen molar-refractivity contribution in [2.24, 2.45) is 4.99 Å². The van der Waals surface area contributed by atoms with Gasteiger partial charge < -0.3 is 10.6 Å². The molecule has 12 heteroatoms. The Labute approximate surface area is 198 Å². The van der Waals surface area contributed by atoms with Crippen molar-refractivity contribution in [3.05, 3.63) is 78.6 Å². The molecule has 1 aromatic heterocycles. The van der Waals surface area contributed by atoms with Gasteiger partial charge in [0.25, 0.3) is 0 Å². The molecule has 0 aliphatic heterocycles.